The van der Waals surface area contributed by atoms with E-state index < -0.39 is 0 Å². The normalized spacial score (nSPS) is 14.7. The summed E-state index contributed by atoms with van der Waals surface area (Å²) in [6, 6.07) is 10.1. The molecule has 5 nitrogen and oxygen atoms in total. The first kappa shape index (κ1) is 18.5. The summed E-state index contributed by atoms with van der Waals surface area (Å²) in [5.74, 6) is 0.818. The minimum absolute atomic E-state index is 0.549. The van der Waals surface area contributed by atoms with E-state index in [4.69, 9.17) is 21.1 Å². The number of anilines is 1. The Balaban J connectivity index is 1.73. The van der Waals surface area contributed by atoms with Crippen LogP contribution in [0.3, 0.4) is 0 Å². The summed E-state index contributed by atoms with van der Waals surface area (Å²) in [5.41, 5.74) is 3.03. The van der Waals surface area contributed by atoms with Crippen LogP contribution in [0.15, 0.2) is 35.7 Å². The molecule has 27 heavy (non-hydrogen) atoms. The number of nitrogens with one attached hydrogen (secondary N) is 1. The van der Waals surface area contributed by atoms with Gasteiger partial charge in [-0.05, 0) is 29.6 Å². The molecule has 0 saturated carbocycles. The lowest BCUT2D eigenvalue weighted by molar-refractivity contribution is 0.122. The third kappa shape index (κ3) is 4.04. The molecule has 0 aliphatic carbocycles. The van der Waals surface area contributed by atoms with E-state index in [1.54, 1.807) is 18.4 Å². The minimum Gasteiger partial charge on any atom is -0.497 e. The summed E-state index contributed by atoms with van der Waals surface area (Å²) in [6.45, 7) is 4.58. The van der Waals surface area contributed by atoms with Gasteiger partial charge in [0.1, 0.15) is 10.9 Å². The topological polar surface area (TPSA) is 46.6 Å². The molecule has 2 aromatic heterocycles. The van der Waals surface area contributed by atoms with Gasteiger partial charge in [-0.2, -0.15) is 0 Å². The van der Waals surface area contributed by atoms with Gasteiger partial charge >= 0.3 is 0 Å². The fourth-order valence-electron chi connectivity index (χ4n) is 3.39. The Morgan fingerprint density at radius 3 is 2.85 bits per heavy atom. The Bertz CT molecular complexity index is 911. The largest absolute Gasteiger partial charge is 0.497 e. The van der Waals surface area contributed by atoms with E-state index >= 15 is 0 Å². The average molecular weight is 404 g/mol. The van der Waals surface area contributed by atoms with Crippen LogP contribution in [0, 0.1) is 0 Å². The molecule has 4 rings (SSSR count). The van der Waals surface area contributed by atoms with Crippen LogP contribution >= 0.6 is 22.9 Å². The van der Waals surface area contributed by atoms with Crippen molar-refractivity contribution in [2.45, 2.75) is 13.1 Å². The molecule has 1 aromatic carbocycles. The maximum atomic E-state index is 6.62. The molecule has 1 saturated heterocycles. The quantitative estimate of drug-likeness (QED) is 0.628. The van der Waals surface area contributed by atoms with Gasteiger partial charge in [0.25, 0.3) is 0 Å². The van der Waals surface area contributed by atoms with Crippen LogP contribution in [0.2, 0.25) is 5.15 Å². The van der Waals surface area contributed by atoms with Gasteiger partial charge in [-0.1, -0.05) is 17.7 Å². The summed E-state index contributed by atoms with van der Waals surface area (Å²) in [7, 11) is 1.68. The van der Waals surface area contributed by atoms with E-state index in [0.717, 1.165) is 47.5 Å². The number of hydrogen-bond acceptors (Lipinski definition) is 6. The predicted molar refractivity (Wildman–Crippen MR) is 111 cm³/mol. The average Bonchev–Trinajstić information content (AvgIpc) is 3.22. The number of morpholine rings is 1. The molecule has 0 amide bonds. The van der Waals surface area contributed by atoms with Crippen molar-refractivity contribution in [3.05, 3.63) is 51.3 Å². The predicted octanol–water partition coefficient (Wildman–Crippen LogP) is 4.08. The van der Waals surface area contributed by atoms with Gasteiger partial charge in [-0.25, -0.2) is 4.98 Å². The first-order chi connectivity index (χ1) is 13.3. The Morgan fingerprint density at radius 2 is 2.11 bits per heavy atom. The fraction of sp³-hybridized carbons (Fsp3) is 0.350. The maximum Gasteiger partial charge on any atom is 0.136 e. The number of hydrogen-bond donors (Lipinski definition) is 1. The van der Waals surface area contributed by atoms with Crippen molar-refractivity contribution >= 4 is 39.5 Å². The molecule has 1 fully saturated rings. The summed E-state index contributed by atoms with van der Waals surface area (Å²) in [6.07, 6.45) is 0. The highest BCUT2D eigenvalue weighted by atomic mass is 35.5. The molecule has 3 heterocycles. The molecule has 1 N–H and O–H groups in total. The number of nitrogens with zero attached hydrogens (tertiary/aromatic N) is 2. The lowest BCUT2D eigenvalue weighted by atomic mass is 10.1. The summed E-state index contributed by atoms with van der Waals surface area (Å²) in [4.78, 5) is 8.29. The number of rotatable bonds is 6. The zero-order valence-corrected chi connectivity index (χ0v) is 16.8. The standard InChI is InChI=1S/C20H22ClN3O2S/c1-25-14-4-5-18-16(11-14)19(24-6-8-26-9-7-24)17(20(21)23-18)13-22-12-15-3-2-10-27-15/h2-5,10-11,22H,6-9,12-13H2,1H3. The second kappa shape index (κ2) is 8.44. The SMILES string of the molecule is COc1ccc2nc(Cl)c(CNCc3cccs3)c(N3CCOCC3)c2c1. The van der Waals surface area contributed by atoms with Gasteiger partial charge in [0, 0.05) is 42.0 Å². The molecule has 0 radical (unpaired) electrons. The van der Waals surface area contributed by atoms with Crippen molar-refractivity contribution in [1.29, 1.82) is 0 Å². The van der Waals surface area contributed by atoms with Gasteiger partial charge < -0.3 is 19.7 Å². The highest BCUT2D eigenvalue weighted by Crippen LogP contribution is 2.36. The second-order valence-electron chi connectivity index (χ2n) is 6.40. The lowest BCUT2D eigenvalue weighted by Gasteiger charge is -2.32. The highest BCUT2D eigenvalue weighted by Gasteiger charge is 2.21. The number of halogens is 1. The number of pyridine rings is 1. The first-order valence-corrected chi connectivity index (χ1v) is 10.2. The number of fused-ring (bicyclic) bond motifs is 1. The third-order valence-electron chi connectivity index (χ3n) is 4.72. The number of aromatic nitrogens is 1. The summed E-state index contributed by atoms with van der Waals surface area (Å²) in [5, 5.41) is 7.22. The van der Waals surface area contributed by atoms with Gasteiger partial charge in [-0.15, -0.1) is 11.3 Å². The Hall–Kier alpha value is -1.86. The Labute approximate surface area is 167 Å². The van der Waals surface area contributed by atoms with Crippen molar-refractivity contribution in [2.75, 3.05) is 38.3 Å². The molecule has 3 aromatic rings. The van der Waals surface area contributed by atoms with E-state index in [1.807, 2.05) is 18.2 Å². The summed E-state index contributed by atoms with van der Waals surface area (Å²) < 4.78 is 11.0. The van der Waals surface area contributed by atoms with Gasteiger partial charge in [-0.3, -0.25) is 0 Å². The van der Waals surface area contributed by atoms with Crippen LogP contribution in [0.25, 0.3) is 10.9 Å². The van der Waals surface area contributed by atoms with Crippen LogP contribution in [-0.2, 0) is 17.8 Å². The number of ether oxygens (including phenoxy) is 2. The number of methoxy groups -OCH3 is 1. The molecule has 1 aliphatic heterocycles. The fourth-order valence-corrected chi connectivity index (χ4v) is 4.31. The maximum absolute atomic E-state index is 6.62. The van der Waals surface area contributed by atoms with Crippen LogP contribution in [-0.4, -0.2) is 38.4 Å². The van der Waals surface area contributed by atoms with Crippen LogP contribution in [0.1, 0.15) is 10.4 Å². The highest BCUT2D eigenvalue weighted by molar-refractivity contribution is 7.09. The molecule has 1 aliphatic rings. The molecular formula is C20H22ClN3O2S. The Morgan fingerprint density at radius 1 is 1.26 bits per heavy atom. The molecule has 0 spiro atoms. The third-order valence-corrected chi connectivity index (χ3v) is 5.91. The smallest absolute Gasteiger partial charge is 0.136 e. The van der Waals surface area contributed by atoms with Gasteiger partial charge in [0.2, 0.25) is 0 Å². The van der Waals surface area contributed by atoms with E-state index in [0.29, 0.717) is 24.9 Å². The van der Waals surface area contributed by atoms with Crippen molar-refractivity contribution in [3.8, 4) is 5.75 Å². The van der Waals surface area contributed by atoms with Crippen LogP contribution in [0.5, 0.6) is 5.75 Å². The zero-order valence-electron chi connectivity index (χ0n) is 15.2. The van der Waals surface area contributed by atoms with Gasteiger partial charge in [0.05, 0.1) is 31.5 Å². The van der Waals surface area contributed by atoms with Crippen LogP contribution in [0.4, 0.5) is 5.69 Å². The van der Waals surface area contributed by atoms with Crippen LogP contribution < -0.4 is 15.0 Å². The number of benzene rings is 1. The van der Waals surface area contributed by atoms with E-state index in [9.17, 15) is 0 Å². The van der Waals surface area contributed by atoms with Crippen molar-refractivity contribution in [1.82, 2.24) is 10.3 Å². The van der Waals surface area contributed by atoms with Crippen molar-refractivity contribution in [3.63, 3.8) is 0 Å². The molecular weight excluding hydrogens is 382 g/mol. The zero-order chi connectivity index (χ0) is 18.6. The van der Waals surface area contributed by atoms with Crippen molar-refractivity contribution < 1.29 is 9.47 Å². The first-order valence-electron chi connectivity index (χ1n) is 8.98. The summed E-state index contributed by atoms with van der Waals surface area (Å²) >= 11 is 8.37. The lowest BCUT2D eigenvalue weighted by Crippen LogP contribution is -2.37. The second-order valence-corrected chi connectivity index (χ2v) is 7.79. The van der Waals surface area contributed by atoms with Crippen molar-refractivity contribution in [2.24, 2.45) is 0 Å². The monoisotopic (exact) mass is 403 g/mol. The van der Waals surface area contributed by atoms with E-state index in [2.05, 4.69) is 32.7 Å². The molecule has 0 bridgehead atoms. The van der Waals surface area contributed by atoms with E-state index in [-0.39, 0.29) is 0 Å². The molecule has 0 unspecified atom stereocenters. The molecule has 0 atom stereocenters. The van der Waals surface area contributed by atoms with Gasteiger partial charge in [0.15, 0.2) is 0 Å². The molecule has 142 valence electrons. The molecule has 7 heteroatoms. The Kier molecular flexibility index (Phi) is 5.78. The van der Waals surface area contributed by atoms with E-state index in [1.165, 1.54) is 4.88 Å². The number of thiophene rings is 1. The minimum atomic E-state index is 0.549.